The molecule has 0 aliphatic carbocycles. The van der Waals surface area contributed by atoms with E-state index < -0.39 is 5.97 Å². The minimum atomic E-state index is -0.423. The number of hydrogen-bond acceptors (Lipinski definition) is 4. The molecule has 3 nitrogen and oxygen atoms in total. The SMILES string of the molecule is COC(=O)c1cccc2c1S/C(=C\c1ccccc1)C2=O. The Morgan fingerprint density at radius 2 is 1.86 bits per heavy atom. The predicted molar refractivity (Wildman–Crippen MR) is 82.4 cm³/mol. The Morgan fingerprint density at radius 1 is 1.10 bits per heavy atom. The van der Waals surface area contributed by atoms with Crippen LogP contribution >= 0.6 is 11.8 Å². The number of hydrogen-bond donors (Lipinski definition) is 0. The van der Waals surface area contributed by atoms with Crippen LogP contribution in [0.25, 0.3) is 6.08 Å². The summed E-state index contributed by atoms with van der Waals surface area (Å²) in [5.41, 5.74) is 1.95. The van der Waals surface area contributed by atoms with Crippen molar-refractivity contribution in [3.05, 3.63) is 70.1 Å². The highest BCUT2D eigenvalue weighted by molar-refractivity contribution is 8.05. The van der Waals surface area contributed by atoms with Crippen LogP contribution in [0.15, 0.2) is 58.3 Å². The van der Waals surface area contributed by atoms with Gasteiger partial charge in [0.25, 0.3) is 0 Å². The molecule has 0 saturated carbocycles. The van der Waals surface area contributed by atoms with Crippen LogP contribution in [0.4, 0.5) is 0 Å². The number of Topliss-reactive ketones (excluding diaryl/α,β-unsaturated/α-hetero) is 1. The van der Waals surface area contributed by atoms with Gasteiger partial charge in [0.15, 0.2) is 0 Å². The second-order valence-corrected chi connectivity index (χ2v) is 5.58. The number of esters is 1. The van der Waals surface area contributed by atoms with Gasteiger partial charge in [-0.05, 0) is 23.8 Å². The van der Waals surface area contributed by atoms with Crippen molar-refractivity contribution in [2.75, 3.05) is 7.11 Å². The van der Waals surface area contributed by atoms with E-state index in [4.69, 9.17) is 4.74 Å². The topological polar surface area (TPSA) is 43.4 Å². The van der Waals surface area contributed by atoms with Crippen molar-refractivity contribution in [2.45, 2.75) is 4.90 Å². The van der Waals surface area contributed by atoms with Crippen molar-refractivity contribution in [3.8, 4) is 0 Å². The molecule has 0 unspecified atom stereocenters. The summed E-state index contributed by atoms with van der Waals surface area (Å²) in [6.07, 6.45) is 1.84. The fraction of sp³-hybridized carbons (Fsp3) is 0.0588. The van der Waals surface area contributed by atoms with Gasteiger partial charge in [-0.3, -0.25) is 4.79 Å². The molecule has 0 fully saturated rings. The van der Waals surface area contributed by atoms with Crippen LogP contribution in [0.5, 0.6) is 0 Å². The van der Waals surface area contributed by atoms with Gasteiger partial charge in [-0.1, -0.05) is 48.2 Å². The summed E-state index contributed by atoms with van der Waals surface area (Å²) < 4.78 is 4.77. The van der Waals surface area contributed by atoms with Gasteiger partial charge < -0.3 is 4.74 Å². The highest BCUT2D eigenvalue weighted by atomic mass is 32.2. The standard InChI is InChI=1S/C17H12O3S/c1-20-17(19)13-9-5-8-12-15(18)14(21-16(12)13)10-11-6-3-2-4-7-11/h2-10H,1H3/b14-10-. The van der Waals surface area contributed by atoms with Crippen molar-refractivity contribution in [3.63, 3.8) is 0 Å². The number of ether oxygens (including phenoxy) is 1. The Kier molecular flexibility index (Phi) is 3.62. The first kappa shape index (κ1) is 13.6. The molecule has 3 rings (SSSR count). The first-order chi connectivity index (χ1) is 10.2. The van der Waals surface area contributed by atoms with Crippen molar-refractivity contribution in [2.24, 2.45) is 0 Å². The average Bonchev–Trinajstić information content (AvgIpc) is 2.84. The van der Waals surface area contributed by atoms with Crippen molar-refractivity contribution >= 4 is 29.6 Å². The maximum absolute atomic E-state index is 12.4. The molecule has 0 saturated heterocycles. The van der Waals surface area contributed by atoms with E-state index in [2.05, 4.69) is 0 Å². The average molecular weight is 296 g/mol. The number of allylic oxidation sites excluding steroid dienone is 1. The third-order valence-corrected chi connectivity index (χ3v) is 4.37. The number of ketones is 1. The van der Waals surface area contributed by atoms with Gasteiger partial charge in [-0.25, -0.2) is 4.79 Å². The summed E-state index contributed by atoms with van der Waals surface area (Å²) >= 11 is 1.32. The lowest BCUT2D eigenvalue weighted by Crippen LogP contribution is -2.04. The number of carbonyl (C=O) groups excluding carboxylic acids is 2. The molecule has 21 heavy (non-hydrogen) atoms. The number of carbonyl (C=O) groups is 2. The zero-order valence-corrected chi connectivity index (χ0v) is 12.1. The van der Waals surface area contributed by atoms with Crippen LogP contribution in [-0.4, -0.2) is 18.9 Å². The van der Waals surface area contributed by atoms with Gasteiger partial charge in [0.2, 0.25) is 5.78 Å². The molecule has 0 amide bonds. The third-order valence-electron chi connectivity index (χ3n) is 3.20. The first-order valence-electron chi connectivity index (χ1n) is 6.41. The van der Waals surface area contributed by atoms with E-state index in [1.807, 2.05) is 36.4 Å². The lowest BCUT2D eigenvalue weighted by molar-refractivity contribution is 0.0597. The van der Waals surface area contributed by atoms with Gasteiger partial charge in [0.1, 0.15) is 0 Å². The first-order valence-corrected chi connectivity index (χ1v) is 7.23. The van der Waals surface area contributed by atoms with Gasteiger partial charge >= 0.3 is 5.97 Å². The van der Waals surface area contributed by atoms with Crippen LogP contribution in [-0.2, 0) is 4.74 Å². The van der Waals surface area contributed by atoms with Crippen LogP contribution < -0.4 is 0 Å². The second kappa shape index (κ2) is 5.58. The van der Waals surface area contributed by atoms with E-state index >= 15 is 0 Å². The summed E-state index contributed by atoms with van der Waals surface area (Å²) in [4.78, 5) is 25.5. The summed E-state index contributed by atoms with van der Waals surface area (Å²) in [5, 5.41) is 0. The maximum Gasteiger partial charge on any atom is 0.339 e. The van der Waals surface area contributed by atoms with E-state index in [1.54, 1.807) is 18.2 Å². The Balaban J connectivity index is 2.03. The van der Waals surface area contributed by atoms with E-state index in [-0.39, 0.29) is 5.78 Å². The minimum absolute atomic E-state index is 0.0513. The predicted octanol–water partition coefficient (Wildman–Crippen LogP) is 3.80. The Hall–Kier alpha value is -2.33. The summed E-state index contributed by atoms with van der Waals surface area (Å²) in [6.45, 7) is 0. The van der Waals surface area contributed by atoms with Crippen molar-refractivity contribution in [1.29, 1.82) is 0 Å². The lowest BCUT2D eigenvalue weighted by atomic mass is 10.1. The molecule has 104 valence electrons. The molecule has 0 aromatic heterocycles. The van der Waals surface area contributed by atoms with E-state index in [1.165, 1.54) is 18.9 Å². The maximum atomic E-state index is 12.4. The summed E-state index contributed by atoms with van der Waals surface area (Å²) in [6, 6.07) is 14.8. The number of fused-ring (bicyclic) bond motifs is 1. The van der Waals surface area contributed by atoms with Gasteiger partial charge in [0, 0.05) is 10.5 Å². The van der Waals surface area contributed by atoms with E-state index in [9.17, 15) is 9.59 Å². The summed E-state index contributed by atoms with van der Waals surface area (Å²) in [5.74, 6) is -0.474. The molecular formula is C17H12O3S. The molecule has 0 radical (unpaired) electrons. The number of benzene rings is 2. The molecule has 4 heteroatoms. The molecule has 0 spiro atoms. The van der Waals surface area contributed by atoms with Gasteiger partial charge in [0.05, 0.1) is 17.6 Å². The number of thioether (sulfide) groups is 1. The fourth-order valence-corrected chi connectivity index (χ4v) is 3.33. The largest absolute Gasteiger partial charge is 0.465 e. The van der Waals surface area contributed by atoms with E-state index in [0.717, 1.165) is 5.56 Å². The second-order valence-electron chi connectivity index (χ2n) is 4.52. The lowest BCUT2D eigenvalue weighted by Gasteiger charge is -2.03. The molecule has 0 atom stereocenters. The number of methoxy groups -OCH3 is 1. The van der Waals surface area contributed by atoms with Gasteiger partial charge in [-0.2, -0.15) is 0 Å². The van der Waals surface area contributed by atoms with Crippen LogP contribution in [0, 0.1) is 0 Å². The van der Waals surface area contributed by atoms with Crippen LogP contribution in [0.3, 0.4) is 0 Å². The normalized spacial score (nSPS) is 15.1. The molecule has 1 aliphatic heterocycles. The third kappa shape index (κ3) is 2.50. The summed E-state index contributed by atoms with van der Waals surface area (Å²) in [7, 11) is 1.34. The smallest absolute Gasteiger partial charge is 0.339 e. The quantitative estimate of drug-likeness (QED) is 0.624. The van der Waals surface area contributed by atoms with Gasteiger partial charge in [-0.15, -0.1) is 0 Å². The molecule has 1 aliphatic rings. The Labute approximate surface area is 126 Å². The zero-order chi connectivity index (χ0) is 14.8. The monoisotopic (exact) mass is 296 g/mol. The number of rotatable bonds is 2. The molecule has 2 aromatic carbocycles. The van der Waals surface area contributed by atoms with Crippen molar-refractivity contribution < 1.29 is 14.3 Å². The molecule has 2 aromatic rings. The molecule has 0 bridgehead atoms. The highest BCUT2D eigenvalue weighted by Gasteiger charge is 2.30. The highest BCUT2D eigenvalue weighted by Crippen LogP contribution is 2.43. The minimum Gasteiger partial charge on any atom is -0.465 e. The Morgan fingerprint density at radius 3 is 2.57 bits per heavy atom. The van der Waals surface area contributed by atoms with Crippen molar-refractivity contribution in [1.82, 2.24) is 0 Å². The van der Waals surface area contributed by atoms with Crippen LogP contribution in [0.2, 0.25) is 0 Å². The molecule has 0 N–H and O–H groups in total. The zero-order valence-electron chi connectivity index (χ0n) is 11.3. The molecular weight excluding hydrogens is 284 g/mol. The molecule has 1 heterocycles. The fourth-order valence-electron chi connectivity index (χ4n) is 2.18. The van der Waals surface area contributed by atoms with E-state index in [0.29, 0.717) is 20.9 Å². The Bertz CT molecular complexity index is 748. The van der Waals surface area contributed by atoms with Crippen LogP contribution in [0.1, 0.15) is 26.3 Å².